The van der Waals surface area contributed by atoms with Crippen molar-refractivity contribution in [2.75, 3.05) is 65.6 Å². The number of aliphatic carboxylic acids is 1. The zero-order valence-corrected chi connectivity index (χ0v) is 17.5. The molecule has 4 aliphatic heterocycles. The van der Waals surface area contributed by atoms with E-state index in [4.69, 9.17) is 19.4 Å². The van der Waals surface area contributed by atoms with Crippen LogP contribution in [0.1, 0.15) is 25.7 Å². The third-order valence-electron chi connectivity index (χ3n) is 6.31. The molecule has 0 saturated carbocycles. The van der Waals surface area contributed by atoms with Crippen molar-refractivity contribution < 1.29 is 37.3 Å². The fourth-order valence-electron chi connectivity index (χ4n) is 4.59. The minimum Gasteiger partial charge on any atom is -0.475 e. The quantitative estimate of drug-likeness (QED) is 0.496. The van der Waals surface area contributed by atoms with Gasteiger partial charge in [-0.1, -0.05) is 0 Å². The molecule has 0 radical (unpaired) electrons. The number of nitrogens with zero attached hydrogens (tertiary/aromatic N) is 2. The maximum atomic E-state index is 13.1. The van der Waals surface area contributed by atoms with Crippen molar-refractivity contribution in [3.63, 3.8) is 0 Å². The molecule has 0 aliphatic carbocycles. The number of carboxylic acids is 1. The number of carbonyl (C=O) groups is 2. The monoisotopic (exact) mass is 452 g/mol. The Morgan fingerprint density at radius 1 is 0.806 bits per heavy atom. The Morgan fingerprint density at radius 2 is 1.16 bits per heavy atom. The van der Waals surface area contributed by atoms with E-state index in [9.17, 15) is 18.0 Å². The number of morpholine rings is 2. The number of piperidine rings is 2. The number of carboxylic acid groups (broad SMARTS) is 1. The van der Waals surface area contributed by atoms with Gasteiger partial charge in [0.1, 0.15) is 0 Å². The van der Waals surface area contributed by atoms with Crippen LogP contribution in [-0.4, -0.2) is 110 Å². The predicted octanol–water partition coefficient (Wildman–Crippen LogP) is 0.649. The van der Waals surface area contributed by atoms with Crippen LogP contribution in [0.15, 0.2) is 0 Å². The topological polar surface area (TPSA) is 103 Å². The number of hydrogen-bond acceptors (Lipinski definition) is 6. The van der Waals surface area contributed by atoms with Crippen LogP contribution in [0.2, 0.25) is 0 Å². The summed E-state index contributed by atoms with van der Waals surface area (Å²) in [5.74, 6) is -2.76. The highest BCUT2D eigenvalue weighted by atomic mass is 19.4. The molecular formula is C19H31F3N4O5. The third kappa shape index (κ3) is 6.21. The molecule has 4 saturated heterocycles. The molecule has 0 atom stereocenters. The number of alkyl halides is 3. The summed E-state index contributed by atoms with van der Waals surface area (Å²) in [5, 5.41) is 13.9. The number of urea groups is 1. The lowest BCUT2D eigenvalue weighted by atomic mass is 9.89. The molecule has 31 heavy (non-hydrogen) atoms. The van der Waals surface area contributed by atoms with Crippen LogP contribution in [0.25, 0.3) is 0 Å². The molecule has 0 unspecified atom stereocenters. The van der Waals surface area contributed by atoms with E-state index >= 15 is 0 Å². The Labute approximate surface area is 179 Å². The molecule has 178 valence electrons. The first-order chi connectivity index (χ1) is 14.6. The fourth-order valence-corrected chi connectivity index (χ4v) is 4.59. The van der Waals surface area contributed by atoms with Crippen molar-refractivity contribution in [3.8, 4) is 0 Å². The summed E-state index contributed by atoms with van der Waals surface area (Å²) < 4.78 is 43.9. The Balaban J connectivity index is 0.000000339. The molecule has 4 rings (SSSR count). The SMILES string of the molecule is O=C(N1CCOC2(CCNCC2)C1)N1CCOC2(CCNCC2)C1.O=C(O)C(F)(F)F. The highest BCUT2D eigenvalue weighted by molar-refractivity contribution is 5.75. The Hall–Kier alpha value is -1.63. The van der Waals surface area contributed by atoms with E-state index in [2.05, 4.69) is 10.6 Å². The van der Waals surface area contributed by atoms with Crippen LogP contribution in [0.5, 0.6) is 0 Å². The number of amides is 2. The molecule has 4 heterocycles. The summed E-state index contributed by atoms with van der Waals surface area (Å²) in [4.78, 5) is 26.1. The van der Waals surface area contributed by atoms with E-state index in [-0.39, 0.29) is 17.2 Å². The summed E-state index contributed by atoms with van der Waals surface area (Å²) in [6.07, 6.45) is -1.10. The minimum absolute atomic E-state index is 0.127. The van der Waals surface area contributed by atoms with Crippen LogP contribution in [0.4, 0.5) is 18.0 Å². The summed E-state index contributed by atoms with van der Waals surface area (Å²) in [6, 6.07) is 0.178. The molecule has 0 aromatic rings. The van der Waals surface area contributed by atoms with Crippen molar-refractivity contribution in [2.45, 2.75) is 43.1 Å². The van der Waals surface area contributed by atoms with Crippen molar-refractivity contribution in [1.82, 2.24) is 20.4 Å². The highest BCUT2D eigenvalue weighted by Crippen LogP contribution is 2.31. The number of hydrogen-bond donors (Lipinski definition) is 3. The van der Waals surface area contributed by atoms with E-state index in [1.807, 2.05) is 9.80 Å². The second kappa shape index (κ2) is 9.88. The second-order valence-electron chi connectivity index (χ2n) is 8.49. The first kappa shape index (κ1) is 24.0. The summed E-state index contributed by atoms with van der Waals surface area (Å²) in [6.45, 7) is 8.13. The van der Waals surface area contributed by atoms with Crippen LogP contribution >= 0.6 is 0 Å². The van der Waals surface area contributed by atoms with Gasteiger partial charge in [-0.15, -0.1) is 0 Å². The van der Waals surface area contributed by atoms with E-state index in [1.54, 1.807) is 0 Å². The highest BCUT2D eigenvalue weighted by Gasteiger charge is 2.43. The largest absolute Gasteiger partial charge is 0.490 e. The van der Waals surface area contributed by atoms with Gasteiger partial charge in [-0.25, -0.2) is 9.59 Å². The fraction of sp³-hybridized carbons (Fsp3) is 0.895. The Kier molecular flexibility index (Phi) is 7.66. The van der Waals surface area contributed by atoms with Crippen molar-refractivity contribution >= 4 is 12.0 Å². The van der Waals surface area contributed by atoms with Crippen molar-refractivity contribution in [1.29, 1.82) is 0 Å². The molecule has 0 aromatic heterocycles. The van der Waals surface area contributed by atoms with Gasteiger partial charge >= 0.3 is 18.2 Å². The molecule has 9 nitrogen and oxygen atoms in total. The number of rotatable bonds is 0. The lowest BCUT2D eigenvalue weighted by Crippen LogP contribution is -2.63. The first-order valence-corrected chi connectivity index (χ1v) is 10.7. The second-order valence-corrected chi connectivity index (χ2v) is 8.49. The van der Waals surface area contributed by atoms with Gasteiger partial charge in [0.05, 0.1) is 37.5 Å². The smallest absolute Gasteiger partial charge is 0.475 e. The van der Waals surface area contributed by atoms with Gasteiger partial charge in [0.15, 0.2) is 0 Å². The average molecular weight is 452 g/mol. The molecular weight excluding hydrogens is 421 g/mol. The zero-order valence-electron chi connectivity index (χ0n) is 17.5. The molecule has 0 bridgehead atoms. The standard InChI is InChI=1S/C17H30N4O3.C2HF3O2/c22-15(20-9-11-23-16(13-20)1-5-18-6-2-16)21-10-12-24-17(14-21)3-7-19-8-4-17;3-2(4,5)1(6)7/h18-19H,1-14H2;(H,6,7). The maximum Gasteiger partial charge on any atom is 0.490 e. The maximum absolute atomic E-state index is 13.1. The molecule has 12 heteroatoms. The van der Waals surface area contributed by atoms with E-state index in [0.717, 1.165) is 65.0 Å². The first-order valence-electron chi connectivity index (χ1n) is 10.7. The lowest BCUT2D eigenvalue weighted by Gasteiger charge is -2.49. The van der Waals surface area contributed by atoms with Crippen molar-refractivity contribution in [2.24, 2.45) is 0 Å². The molecule has 2 amide bonds. The van der Waals surface area contributed by atoms with Gasteiger partial charge < -0.3 is 35.0 Å². The van der Waals surface area contributed by atoms with E-state index < -0.39 is 12.1 Å². The minimum atomic E-state index is -5.08. The number of ether oxygens (including phenoxy) is 2. The van der Waals surface area contributed by atoms with Crippen LogP contribution in [0, 0.1) is 0 Å². The molecule has 0 aromatic carbocycles. The van der Waals surface area contributed by atoms with Gasteiger partial charge in [-0.2, -0.15) is 13.2 Å². The zero-order chi connectivity index (χ0) is 22.5. The summed E-state index contributed by atoms with van der Waals surface area (Å²) in [5.41, 5.74) is -0.254. The summed E-state index contributed by atoms with van der Waals surface area (Å²) in [7, 11) is 0. The third-order valence-corrected chi connectivity index (χ3v) is 6.31. The molecule has 4 aliphatic rings. The van der Waals surface area contributed by atoms with Gasteiger partial charge in [-0.05, 0) is 51.9 Å². The number of carbonyl (C=O) groups excluding carboxylic acids is 1. The molecule has 2 spiro atoms. The average Bonchev–Trinajstić information content (AvgIpc) is 2.74. The summed E-state index contributed by atoms with van der Waals surface area (Å²) >= 11 is 0. The van der Waals surface area contributed by atoms with Gasteiger partial charge in [0.25, 0.3) is 0 Å². The van der Waals surface area contributed by atoms with Crippen LogP contribution < -0.4 is 10.6 Å². The van der Waals surface area contributed by atoms with Crippen LogP contribution in [-0.2, 0) is 14.3 Å². The normalized spacial score (nSPS) is 25.6. The van der Waals surface area contributed by atoms with Crippen LogP contribution in [0.3, 0.4) is 0 Å². The van der Waals surface area contributed by atoms with Gasteiger partial charge in [-0.3, -0.25) is 0 Å². The number of halogens is 3. The Morgan fingerprint density at radius 3 is 1.48 bits per heavy atom. The van der Waals surface area contributed by atoms with Crippen molar-refractivity contribution in [3.05, 3.63) is 0 Å². The predicted molar refractivity (Wildman–Crippen MR) is 104 cm³/mol. The number of nitrogens with one attached hydrogen (secondary N) is 2. The van der Waals surface area contributed by atoms with Gasteiger partial charge in [0.2, 0.25) is 0 Å². The Bertz CT molecular complexity index is 586. The van der Waals surface area contributed by atoms with E-state index in [0.29, 0.717) is 26.3 Å². The lowest BCUT2D eigenvalue weighted by molar-refractivity contribution is -0.192. The van der Waals surface area contributed by atoms with Gasteiger partial charge in [0, 0.05) is 13.1 Å². The molecule has 4 fully saturated rings. The van der Waals surface area contributed by atoms with E-state index in [1.165, 1.54) is 0 Å². The molecule has 3 N–H and O–H groups in total.